The van der Waals surface area contributed by atoms with Crippen LogP contribution < -0.4 is 20.1 Å². The number of nitrogens with one attached hydrogen (secondary N) is 4. The maximum Gasteiger partial charge on any atom is 0.290 e. The van der Waals surface area contributed by atoms with E-state index in [4.69, 9.17) is 47.8 Å². The van der Waals surface area contributed by atoms with Gasteiger partial charge in [-0.25, -0.2) is 32.8 Å². The summed E-state index contributed by atoms with van der Waals surface area (Å²) in [6.07, 6.45) is 17.2. The molecule has 3 saturated carbocycles. The molecule has 2 amide bonds. The molecule has 3 unspecified atom stereocenters. The summed E-state index contributed by atoms with van der Waals surface area (Å²) >= 11 is 16.1. The van der Waals surface area contributed by atoms with Crippen molar-refractivity contribution in [1.82, 2.24) is 35.0 Å². The van der Waals surface area contributed by atoms with Gasteiger partial charge in [0.05, 0.1) is 41.7 Å². The summed E-state index contributed by atoms with van der Waals surface area (Å²) < 4.78 is 38.2. The number of thiazole rings is 2. The van der Waals surface area contributed by atoms with Crippen LogP contribution in [0.15, 0.2) is 52.5 Å². The van der Waals surface area contributed by atoms with Crippen LogP contribution in [-0.2, 0) is 37.9 Å². The molecular formula is C55H75Cl2N7O8S4. The van der Waals surface area contributed by atoms with Crippen molar-refractivity contribution in [2.24, 2.45) is 11.8 Å². The number of amides is 2. The van der Waals surface area contributed by atoms with Gasteiger partial charge in [-0.05, 0) is 117 Å². The first-order valence-corrected chi connectivity index (χ1v) is 30.8. The Labute approximate surface area is 471 Å². The van der Waals surface area contributed by atoms with Crippen molar-refractivity contribution in [3.8, 4) is 20.9 Å². The standard InChI is InChI=1S/C28H38N4O3S2.C26H35Cl2N3O3S2.CH2O2/c1-27(2,3)32-37(35)26-20-14-10-9-13-19(20)21(16-29-26)23-22(15-18-11-7-6-8-12-18)31-25(36-23)24(33)30-17-28(4,5)34;1-26(2,3)31-36(33)18-14-13-17(19(27)20(18)28)23-21(22(34-4)15-9-6-5-7-10-15)30-25(35-23)24(32)29-16-11-8-12-16;2-1-3/h9-10,13-14,16,18,32,34H,6-8,11-12,15,17H2,1-5H3,(H,30,33);13-16,22,31H,5-12H2,1-4H3,(H,29,32);1H,(H,2,3). The van der Waals surface area contributed by atoms with Crippen molar-refractivity contribution in [2.45, 2.75) is 184 Å². The number of fused-ring (bicyclic) bond motifs is 1. The Kier molecular flexibility index (Phi) is 22.2. The average Bonchev–Trinajstić information content (AvgIpc) is 3.98. The highest BCUT2D eigenvalue weighted by Crippen LogP contribution is 2.47. The molecule has 3 heterocycles. The summed E-state index contributed by atoms with van der Waals surface area (Å²) in [7, 11) is -1.30. The topological polar surface area (TPSA) is 222 Å². The molecule has 2 aromatic carbocycles. The molecule has 15 nitrogen and oxygen atoms in total. The Morgan fingerprint density at radius 2 is 1.34 bits per heavy atom. The number of rotatable bonds is 16. The van der Waals surface area contributed by atoms with Gasteiger partial charge in [0.1, 0.15) is 28.1 Å². The lowest BCUT2D eigenvalue weighted by atomic mass is 9.83. The van der Waals surface area contributed by atoms with Gasteiger partial charge in [-0.1, -0.05) is 105 Å². The van der Waals surface area contributed by atoms with Gasteiger partial charge in [0.2, 0.25) is 0 Å². The van der Waals surface area contributed by atoms with E-state index in [2.05, 4.69) is 25.1 Å². The van der Waals surface area contributed by atoms with Gasteiger partial charge < -0.3 is 25.6 Å². The number of ether oxygens (including phenoxy) is 1. The van der Waals surface area contributed by atoms with E-state index < -0.39 is 27.6 Å². The summed E-state index contributed by atoms with van der Waals surface area (Å²) in [5, 5.41) is 26.4. The summed E-state index contributed by atoms with van der Waals surface area (Å²) in [4.78, 5) is 50.8. The highest BCUT2D eigenvalue weighted by atomic mass is 35.5. The van der Waals surface area contributed by atoms with E-state index in [-0.39, 0.29) is 53.1 Å². The van der Waals surface area contributed by atoms with Gasteiger partial charge in [-0.2, -0.15) is 0 Å². The summed E-state index contributed by atoms with van der Waals surface area (Å²) in [6.45, 7) is 14.9. The number of carboxylic acid groups (broad SMARTS) is 1. The first-order valence-electron chi connectivity index (χ1n) is 26.1. The number of halogens is 2. The molecule has 0 radical (unpaired) electrons. The first-order chi connectivity index (χ1) is 35.9. The predicted octanol–water partition coefficient (Wildman–Crippen LogP) is 12.2. The summed E-state index contributed by atoms with van der Waals surface area (Å²) in [5.41, 5.74) is 1.52. The van der Waals surface area contributed by atoms with Crippen LogP contribution in [0.5, 0.6) is 0 Å². The fraction of sp³-hybridized carbons (Fsp3) is 0.564. The van der Waals surface area contributed by atoms with Gasteiger partial charge in [0.25, 0.3) is 18.3 Å². The SMILES string of the molecule is CC(C)(O)CNC(=O)c1nc(CC2CCCCC2)c(-c2cnc(S(=O)NC(C)(C)C)c3ccccc23)s1.COC(c1nc(C(=O)NC2CCC2)sc1-c1ccc(S(=O)NC(C)(C)C)c(Cl)c1Cl)C1CCCCC1.O=CO. The van der Waals surface area contributed by atoms with E-state index in [0.29, 0.717) is 42.4 Å². The lowest BCUT2D eigenvalue weighted by Crippen LogP contribution is -2.39. The quantitative estimate of drug-likeness (QED) is 0.0510. The number of aromatic nitrogens is 3. The number of hydrogen-bond donors (Lipinski definition) is 6. The minimum atomic E-state index is -1.53. The molecule has 3 aliphatic carbocycles. The third-order valence-corrected chi connectivity index (χ3v) is 19.4. The van der Waals surface area contributed by atoms with E-state index in [0.717, 1.165) is 88.8 Å². The second kappa shape index (κ2) is 27.4. The van der Waals surface area contributed by atoms with Gasteiger partial charge in [0.15, 0.2) is 15.0 Å². The molecule has 76 heavy (non-hydrogen) atoms. The fourth-order valence-electron chi connectivity index (χ4n) is 9.42. The lowest BCUT2D eigenvalue weighted by molar-refractivity contribution is -0.122. The molecule has 3 aliphatic rings. The van der Waals surface area contributed by atoms with Crippen LogP contribution in [0.4, 0.5) is 0 Å². The third-order valence-electron chi connectivity index (χ3n) is 13.1. The zero-order chi connectivity index (χ0) is 55.5. The van der Waals surface area contributed by atoms with E-state index in [9.17, 15) is 23.1 Å². The minimum absolute atomic E-state index is 0.143. The molecule has 0 saturated heterocycles. The first kappa shape index (κ1) is 61.5. The molecule has 0 bridgehead atoms. The Balaban J connectivity index is 0.000000235. The van der Waals surface area contributed by atoms with Crippen molar-refractivity contribution in [3.63, 3.8) is 0 Å². The Morgan fingerprint density at radius 3 is 1.92 bits per heavy atom. The maximum atomic E-state index is 13.2. The molecular weight excluding hydrogens is 1090 g/mol. The number of hydrogen-bond acceptors (Lipinski definition) is 12. The second-order valence-electron chi connectivity index (χ2n) is 22.5. The molecule has 416 valence electrons. The Bertz CT molecular complexity index is 2840. The zero-order valence-corrected chi connectivity index (χ0v) is 49.9. The number of pyridine rings is 1. The molecule has 5 aromatic rings. The molecule has 21 heteroatoms. The number of methoxy groups -OCH3 is 1. The highest BCUT2D eigenvalue weighted by molar-refractivity contribution is 7.83. The van der Waals surface area contributed by atoms with Crippen LogP contribution >= 0.6 is 45.9 Å². The molecule has 3 atom stereocenters. The van der Waals surface area contributed by atoms with Crippen molar-refractivity contribution in [3.05, 3.63) is 74.0 Å². The second-order valence-corrected chi connectivity index (χ2v) is 27.6. The molecule has 3 aromatic heterocycles. The van der Waals surface area contributed by atoms with Crippen molar-refractivity contribution < 1.29 is 37.8 Å². The van der Waals surface area contributed by atoms with Gasteiger partial charge in [0, 0.05) is 53.5 Å². The van der Waals surface area contributed by atoms with Gasteiger partial charge >= 0.3 is 0 Å². The maximum absolute atomic E-state index is 13.2. The number of carbonyl (C=O) groups excluding carboxylic acids is 2. The van der Waals surface area contributed by atoms with Crippen LogP contribution in [0, 0.1) is 11.8 Å². The van der Waals surface area contributed by atoms with Crippen molar-refractivity contribution in [2.75, 3.05) is 13.7 Å². The minimum Gasteiger partial charge on any atom is -0.483 e. The largest absolute Gasteiger partial charge is 0.483 e. The van der Waals surface area contributed by atoms with Crippen molar-refractivity contribution in [1.29, 1.82) is 0 Å². The number of nitrogens with zero attached hydrogens (tertiary/aromatic N) is 3. The van der Waals surface area contributed by atoms with Crippen LogP contribution in [0.2, 0.25) is 10.0 Å². The molecule has 0 spiro atoms. The van der Waals surface area contributed by atoms with E-state index in [1.807, 2.05) is 71.9 Å². The van der Waals surface area contributed by atoms with Gasteiger partial charge in [-0.15, -0.1) is 22.7 Å². The number of aliphatic hydroxyl groups is 1. The summed E-state index contributed by atoms with van der Waals surface area (Å²) in [6, 6.07) is 11.6. The van der Waals surface area contributed by atoms with E-state index in [1.54, 1.807) is 33.2 Å². The lowest BCUT2D eigenvalue weighted by Gasteiger charge is -2.29. The zero-order valence-electron chi connectivity index (χ0n) is 45.1. The Morgan fingerprint density at radius 1 is 0.763 bits per heavy atom. The summed E-state index contributed by atoms with van der Waals surface area (Å²) in [5.74, 6) is 0.422. The molecule has 8 rings (SSSR count). The fourth-order valence-corrected chi connectivity index (χ4v) is 14.5. The van der Waals surface area contributed by atoms with Crippen LogP contribution in [0.1, 0.15) is 176 Å². The van der Waals surface area contributed by atoms with Crippen LogP contribution in [0.3, 0.4) is 0 Å². The smallest absolute Gasteiger partial charge is 0.290 e. The number of carbonyl (C=O) groups is 3. The van der Waals surface area contributed by atoms with E-state index in [1.165, 1.54) is 61.2 Å². The van der Waals surface area contributed by atoms with Crippen molar-refractivity contribution >= 4 is 96.9 Å². The predicted molar refractivity (Wildman–Crippen MR) is 308 cm³/mol. The molecule has 3 fully saturated rings. The third kappa shape index (κ3) is 16.9. The highest BCUT2D eigenvalue weighted by Gasteiger charge is 2.34. The molecule has 0 aliphatic heterocycles. The van der Waals surface area contributed by atoms with Crippen LogP contribution in [0.25, 0.3) is 31.7 Å². The van der Waals surface area contributed by atoms with E-state index >= 15 is 0 Å². The Hall–Kier alpha value is -3.76. The average molecular weight is 1160 g/mol. The monoisotopic (exact) mass is 1160 g/mol. The van der Waals surface area contributed by atoms with Gasteiger partial charge in [-0.3, -0.25) is 14.4 Å². The molecule has 6 N–H and O–H groups in total. The number of benzene rings is 2. The normalized spacial score (nSPS) is 17.1. The van der Waals surface area contributed by atoms with Crippen LogP contribution in [-0.4, -0.2) is 88.2 Å².